The van der Waals surface area contributed by atoms with Crippen molar-refractivity contribution in [2.24, 2.45) is 0 Å². The lowest BCUT2D eigenvalue weighted by atomic mass is 10.1. The molecule has 3 aromatic carbocycles. The maximum Gasteiger partial charge on any atom is 0.260 e. The third-order valence-electron chi connectivity index (χ3n) is 6.06. The number of nitrogens with one attached hydrogen (secondary N) is 2. The maximum absolute atomic E-state index is 12.9. The smallest absolute Gasteiger partial charge is 0.260 e. The van der Waals surface area contributed by atoms with Crippen molar-refractivity contribution in [1.29, 1.82) is 0 Å². The summed E-state index contributed by atoms with van der Waals surface area (Å²) in [5, 5.41) is 8.99. The van der Waals surface area contributed by atoms with E-state index in [0.29, 0.717) is 38.0 Å². The van der Waals surface area contributed by atoms with Gasteiger partial charge in [0, 0.05) is 33.7 Å². The molecule has 1 atom stereocenters. The topological polar surface area (TPSA) is 55.3 Å². The van der Waals surface area contributed by atoms with Crippen LogP contribution in [0.25, 0.3) is 17.0 Å². The first-order valence-corrected chi connectivity index (χ1v) is 13.2. The highest BCUT2D eigenvalue weighted by molar-refractivity contribution is 8.05. The molecular weight excluding hydrogens is 537 g/mol. The zero-order valence-corrected chi connectivity index (χ0v) is 22.5. The summed E-state index contributed by atoms with van der Waals surface area (Å²) in [6, 6.07) is 19.2. The molecule has 184 valence electrons. The molecule has 9 heteroatoms. The van der Waals surface area contributed by atoms with Crippen LogP contribution in [0.3, 0.4) is 0 Å². The lowest BCUT2D eigenvalue weighted by Gasteiger charge is -2.15. The highest BCUT2D eigenvalue weighted by atomic mass is 35.5. The van der Waals surface area contributed by atoms with Gasteiger partial charge in [0.15, 0.2) is 5.50 Å². The van der Waals surface area contributed by atoms with Gasteiger partial charge in [0.05, 0.1) is 27.7 Å². The molecule has 2 heterocycles. The quantitative estimate of drug-likeness (QED) is 0.240. The lowest BCUT2D eigenvalue weighted by molar-refractivity contribution is -0.116. The average Bonchev–Trinajstić information content (AvgIpc) is 3.33. The summed E-state index contributed by atoms with van der Waals surface area (Å²) >= 11 is 19.9. The zero-order chi connectivity index (χ0) is 25.4. The predicted octanol–water partition coefficient (Wildman–Crippen LogP) is 7.57. The molecule has 1 aliphatic rings. The molecule has 4 aromatic rings. The minimum Gasteiger partial charge on any atom is -0.495 e. The van der Waals surface area contributed by atoms with Crippen LogP contribution in [0.2, 0.25) is 15.1 Å². The lowest BCUT2D eigenvalue weighted by Crippen LogP contribution is -2.31. The van der Waals surface area contributed by atoms with Gasteiger partial charge in [0.25, 0.3) is 5.91 Å². The van der Waals surface area contributed by atoms with Crippen molar-refractivity contribution in [2.45, 2.75) is 19.0 Å². The number of benzene rings is 3. The first-order valence-electron chi connectivity index (χ1n) is 11.1. The van der Waals surface area contributed by atoms with E-state index in [-0.39, 0.29) is 11.4 Å². The largest absolute Gasteiger partial charge is 0.495 e. The molecule has 0 spiro atoms. The number of hydrogen-bond donors (Lipinski definition) is 2. The van der Waals surface area contributed by atoms with Crippen LogP contribution in [0, 0.1) is 6.92 Å². The minimum absolute atomic E-state index is 0.140. The monoisotopic (exact) mass is 557 g/mol. The number of rotatable bonds is 6. The van der Waals surface area contributed by atoms with E-state index in [1.54, 1.807) is 25.3 Å². The number of methoxy groups -OCH3 is 1. The second-order valence-electron chi connectivity index (χ2n) is 8.32. The number of para-hydroxylation sites is 1. The molecule has 5 nitrogen and oxygen atoms in total. The third kappa shape index (κ3) is 4.91. The number of carbonyl (C=O) groups is 1. The standard InChI is InChI=1S/C27H22Cl3N3O2S/c1-15-19(13-25-26(34)32-27(36-25)31-22-12-17(28)8-10-24(22)35-2)18-5-3-4-6-23(18)33(15)14-16-7-9-20(29)21(30)11-16/h3-13,27,31H,14H2,1-2H3,(H,32,34)/b25-13-. The van der Waals surface area contributed by atoms with Crippen LogP contribution < -0.4 is 15.4 Å². The Bertz CT molecular complexity index is 1520. The predicted molar refractivity (Wildman–Crippen MR) is 151 cm³/mol. The summed E-state index contributed by atoms with van der Waals surface area (Å²) < 4.78 is 7.64. The van der Waals surface area contributed by atoms with Crippen LogP contribution in [-0.4, -0.2) is 23.1 Å². The Morgan fingerprint density at radius 3 is 2.67 bits per heavy atom. The highest BCUT2D eigenvalue weighted by Crippen LogP contribution is 2.36. The highest BCUT2D eigenvalue weighted by Gasteiger charge is 2.28. The van der Waals surface area contributed by atoms with Crippen molar-refractivity contribution in [3.8, 4) is 5.75 Å². The van der Waals surface area contributed by atoms with Gasteiger partial charge in [-0.2, -0.15) is 0 Å². The van der Waals surface area contributed by atoms with Gasteiger partial charge in [-0.1, -0.05) is 70.8 Å². The Hall–Kier alpha value is -2.77. The minimum atomic E-state index is -0.360. The van der Waals surface area contributed by atoms with Crippen LogP contribution in [0.15, 0.2) is 65.6 Å². The molecule has 0 aliphatic carbocycles. The zero-order valence-electron chi connectivity index (χ0n) is 19.4. The van der Waals surface area contributed by atoms with Crippen LogP contribution in [-0.2, 0) is 11.3 Å². The number of amides is 1. The van der Waals surface area contributed by atoms with Crippen molar-refractivity contribution in [3.63, 3.8) is 0 Å². The summed E-state index contributed by atoms with van der Waals surface area (Å²) in [6.07, 6.45) is 1.96. The molecule has 36 heavy (non-hydrogen) atoms. The van der Waals surface area contributed by atoms with Crippen molar-refractivity contribution in [3.05, 3.63) is 97.5 Å². The number of ether oxygens (including phenoxy) is 1. The van der Waals surface area contributed by atoms with Gasteiger partial charge in [-0.05, 0) is 55.0 Å². The van der Waals surface area contributed by atoms with Crippen molar-refractivity contribution in [2.75, 3.05) is 12.4 Å². The molecule has 0 radical (unpaired) electrons. The van der Waals surface area contributed by atoms with E-state index in [1.165, 1.54) is 11.8 Å². The first kappa shape index (κ1) is 24.9. The molecule has 2 N–H and O–H groups in total. The van der Waals surface area contributed by atoms with E-state index in [9.17, 15) is 4.79 Å². The Morgan fingerprint density at radius 2 is 1.89 bits per heavy atom. The van der Waals surface area contributed by atoms with E-state index in [0.717, 1.165) is 27.7 Å². The Kier molecular flexibility index (Phi) is 7.13. The number of fused-ring (bicyclic) bond motifs is 1. The SMILES string of the molecule is COc1ccc(Cl)cc1NC1NC(=O)/C(=C/c2c(C)n(Cc3ccc(Cl)c(Cl)c3)c3ccccc23)S1. The Labute approximate surface area is 228 Å². The van der Waals surface area contributed by atoms with Crippen molar-refractivity contribution < 1.29 is 9.53 Å². The number of anilines is 1. The van der Waals surface area contributed by atoms with Gasteiger partial charge in [-0.15, -0.1) is 0 Å². The maximum atomic E-state index is 12.9. The van der Waals surface area contributed by atoms with Crippen LogP contribution in [0.5, 0.6) is 5.75 Å². The van der Waals surface area contributed by atoms with Crippen LogP contribution in [0.4, 0.5) is 5.69 Å². The van der Waals surface area contributed by atoms with Gasteiger partial charge in [-0.25, -0.2) is 0 Å². The molecule has 1 saturated heterocycles. The third-order valence-corrected chi connectivity index (χ3v) is 8.06. The van der Waals surface area contributed by atoms with Gasteiger partial charge in [0.2, 0.25) is 0 Å². The van der Waals surface area contributed by atoms with Crippen LogP contribution in [0.1, 0.15) is 16.8 Å². The molecule has 0 saturated carbocycles. The van der Waals surface area contributed by atoms with E-state index in [2.05, 4.69) is 34.3 Å². The summed E-state index contributed by atoms with van der Waals surface area (Å²) in [7, 11) is 1.59. The number of nitrogens with zero attached hydrogens (tertiary/aromatic N) is 1. The van der Waals surface area contributed by atoms with E-state index >= 15 is 0 Å². The second-order valence-corrected chi connectivity index (χ2v) is 10.7. The normalized spacial score (nSPS) is 16.5. The molecular formula is C27H22Cl3N3O2S. The van der Waals surface area contributed by atoms with Gasteiger partial charge in [0.1, 0.15) is 5.75 Å². The molecule has 1 aromatic heterocycles. The fourth-order valence-electron chi connectivity index (χ4n) is 4.29. The van der Waals surface area contributed by atoms with Gasteiger partial charge >= 0.3 is 0 Å². The summed E-state index contributed by atoms with van der Waals surface area (Å²) in [5.41, 5.74) is 4.52. The van der Waals surface area contributed by atoms with E-state index in [4.69, 9.17) is 39.5 Å². The summed E-state index contributed by atoms with van der Waals surface area (Å²) in [4.78, 5) is 13.5. The Balaban J connectivity index is 1.46. The van der Waals surface area contributed by atoms with Gasteiger partial charge in [-0.3, -0.25) is 4.79 Å². The number of thioether (sulfide) groups is 1. The van der Waals surface area contributed by atoms with Crippen molar-refractivity contribution >= 4 is 75.1 Å². The molecule has 0 bridgehead atoms. The second kappa shape index (κ2) is 10.3. The Morgan fingerprint density at radius 1 is 1.08 bits per heavy atom. The number of hydrogen-bond acceptors (Lipinski definition) is 4. The van der Waals surface area contributed by atoms with Gasteiger partial charge < -0.3 is 19.9 Å². The fraction of sp³-hybridized carbons (Fsp3) is 0.148. The number of aromatic nitrogens is 1. The summed E-state index contributed by atoms with van der Waals surface area (Å²) in [6.45, 7) is 2.69. The average molecular weight is 559 g/mol. The molecule has 1 amide bonds. The first-order chi connectivity index (χ1) is 17.3. The number of halogens is 3. The van der Waals surface area contributed by atoms with E-state index < -0.39 is 0 Å². The van der Waals surface area contributed by atoms with Crippen LogP contribution >= 0.6 is 46.6 Å². The molecule has 1 unspecified atom stereocenters. The van der Waals surface area contributed by atoms with E-state index in [1.807, 2.05) is 36.4 Å². The fourth-order valence-corrected chi connectivity index (χ4v) is 5.75. The number of carbonyl (C=O) groups excluding carboxylic acids is 1. The van der Waals surface area contributed by atoms with Crippen molar-refractivity contribution in [1.82, 2.24) is 9.88 Å². The molecule has 1 aliphatic heterocycles. The molecule has 1 fully saturated rings. The molecule has 5 rings (SSSR count). The summed E-state index contributed by atoms with van der Waals surface area (Å²) in [5.74, 6) is 0.507.